The lowest BCUT2D eigenvalue weighted by molar-refractivity contribution is 0.669. The van der Waals surface area contributed by atoms with Crippen LogP contribution in [0.25, 0.3) is 83.3 Å². The SMILES string of the molecule is c1ccc(-c2cc(-c3ccc4oc5ccccc5c4c3)nc(-c3ccc(-n4c5ccccc5c5ccccc54)cc3)n2)cc1. The van der Waals surface area contributed by atoms with Gasteiger partial charge in [0.2, 0.25) is 0 Å². The van der Waals surface area contributed by atoms with E-state index in [1.54, 1.807) is 0 Å². The Bertz CT molecular complexity index is 2430. The largest absolute Gasteiger partial charge is 0.456 e. The van der Waals surface area contributed by atoms with Crippen LogP contribution in [0.1, 0.15) is 0 Å². The standard InChI is InChI=1S/C40H25N3O/c1-2-10-26(11-3-1)34-25-35(28-20-23-39-33(24-28)32-14-6-9-17-38(32)44-39)42-40(41-34)27-18-21-29(22-19-27)43-36-15-7-4-12-30(36)31-13-5-8-16-37(31)43/h1-25H. The minimum Gasteiger partial charge on any atom is -0.456 e. The molecule has 0 unspecified atom stereocenters. The van der Waals surface area contributed by atoms with Crippen molar-refractivity contribution < 1.29 is 4.42 Å². The highest BCUT2D eigenvalue weighted by molar-refractivity contribution is 6.09. The van der Waals surface area contributed by atoms with Gasteiger partial charge in [-0.3, -0.25) is 0 Å². The van der Waals surface area contributed by atoms with Gasteiger partial charge in [0.1, 0.15) is 11.2 Å². The molecule has 0 saturated heterocycles. The zero-order valence-corrected chi connectivity index (χ0v) is 23.7. The fraction of sp³-hybridized carbons (Fsp3) is 0. The highest BCUT2D eigenvalue weighted by atomic mass is 16.3. The maximum atomic E-state index is 6.09. The van der Waals surface area contributed by atoms with Crippen LogP contribution in [0.4, 0.5) is 0 Å². The van der Waals surface area contributed by atoms with Crippen LogP contribution in [-0.2, 0) is 0 Å². The van der Waals surface area contributed by atoms with E-state index in [9.17, 15) is 0 Å². The molecule has 4 heteroatoms. The van der Waals surface area contributed by atoms with Crippen LogP contribution < -0.4 is 0 Å². The lowest BCUT2D eigenvalue weighted by atomic mass is 10.0. The highest BCUT2D eigenvalue weighted by Gasteiger charge is 2.15. The Balaban J connectivity index is 1.19. The van der Waals surface area contributed by atoms with Gasteiger partial charge in [-0.1, -0.05) is 84.9 Å². The van der Waals surface area contributed by atoms with Crippen molar-refractivity contribution >= 4 is 43.7 Å². The Morgan fingerprint density at radius 1 is 0.409 bits per heavy atom. The van der Waals surface area contributed by atoms with Crippen molar-refractivity contribution in [1.29, 1.82) is 0 Å². The zero-order chi connectivity index (χ0) is 29.0. The summed E-state index contributed by atoms with van der Waals surface area (Å²) in [6.45, 7) is 0. The summed E-state index contributed by atoms with van der Waals surface area (Å²) in [4.78, 5) is 10.2. The third-order valence-corrected chi connectivity index (χ3v) is 8.43. The summed E-state index contributed by atoms with van der Waals surface area (Å²) < 4.78 is 8.41. The molecule has 0 spiro atoms. The van der Waals surface area contributed by atoms with E-state index in [2.05, 4.69) is 114 Å². The van der Waals surface area contributed by atoms with E-state index >= 15 is 0 Å². The van der Waals surface area contributed by atoms with Crippen LogP contribution in [0.2, 0.25) is 0 Å². The first-order valence-corrected chi connectivity index (χ1v) is 14.8. The number of hydrogen-bond acceptors (Lipinski definition) is 3. The number of hydrogen-bond donors (Lipinski definition) is 0. The molecule has 0 bridgehead atoms. The normalized spacial score (nSPS) is 11.6. The van der Waals surface area contributed by atoms with Gasteiger partial charge in [0.25, 0.3) is 0 Å². The summed E-state index contributed by atoms with van der Waals surface area (Å²) in [5.74, 6) is 0.687. The first-order chi connectivity index (χ1) is 21.8. The molecule has 0 N–H and O–H groups in total. The fourth-order valence-electron chi connectivity index (χ4n) is 6.33. The molecule has 44 heavy (non-hydrogen) atoms. The van der Waals surface area contributed by atoms with Crippen LogP contribution in [0.3, 0.4) is 0 Å². The van der Waals surface area contributed by atoms with Crippen LogP contribution in [0, 0.1) is 0 Å². The Hall–Kier alpha value is -6.00. The lowest BCUT2D eigenvalue weighted by Crippen LogP contribution is -1.97. The average molecular weight is 564 g/mol. The first kappa shape index (κ1) is 24.6. The second-order valence-electron chi connectivity index (χ2n) is 11.1. The molecule has 4 nitrogen and oxygen atoms in total. The van der Waals surface area contributed by atoms with Gasteiger partial charge in [-0.2, -0.15) is 0 Å². The maximum Gasteiger partial charge on any atom is 0.160 e. The fourth-order valence-corrected chi connectivity index (χ4v) is 6.33. The summed E-state index contributed by atoms with van der Waals surface area (Å²) in [5.41, 5.74) is 10.0. The van der Waals surface area contributed by atoms with Gasteiger partial charge >= 0.3 is 0 Å². The minimum atomic E-state index is 0.687. The van der Waals surface area contributed by atoms with Gasteiger partial charge in [-0.15, -0.1) is 0 Å². The van der Waals surface area contributed by atoms with Gasteiger partial charge in [0.05, 0.1) is 22.4 Å². The molecule has 6 aromatic carbocycles. The van der Waals surface area contributed by atoms with Gasteiger partial charge in [-0.05, 0) is 66.7 Å². The van der Waals surface area contributed by atoms with Crippen molar-refractivity contribution in [1.82, 2.24) is 14.5 Å². The molecule has 3 aromatic heterocycles. The van der Waals surface area contributed by atoms with E-state index in [1.807, 2.05) is 42.5 Å². The van der Waals surface area contributed by atoms with Crippen LogP contribution in [-0.4, -0.2) is 14.5 Å². The predicted molar refractivity (Wildman–Crippen MR) is 180 cm³/mol. The Labute approximate surface area is 253 Å². The summed E-state index contributed by atoms with van der Waals surface area (Å²) in [6, 6.07) is 52.5. The molecule has 0 radical (unpaired) electrons. The third-order valence-electron chi connectivity index (χ3n) is 8.43. The monoisotopic (exact) mass is 563 g/mol. The zero-order valence-electron chi connectivity index (χ0n) is 23.7. The van der Waals surface area contributed by atoms with Crippen molar-refractivity contribution in [2.75, 3.05) is 0 Å². The van der Waals surface area contributed by atoms with E-state index < -0.39 is 0 Å². The Morgan fingerprint density at radius 3 is 1.70 bits per heavy atom. The van der Waals surface area contributed by atoms with Crippen molar-refractivity contribution in [2.45, 2.75) is 0 Å². The highest BCUT2D eigenvalue weighted by Crippen LogP contribution is 2.35. The quantitative estimate of drug-likeness (QED) is 0.214. The minimum absolute atomic E-state index is 0.687. The summed E-state index contributed by atoms with van der Waals surface area (Å²) in [5, 5.41) is 4.67. The number of aromatic nitrogens is 3. The molecular weight excluding hydrogens is 538 g/mol. The molecular formula is C40H25N3O. The van der Waals surface area contributed by atoms with Gasteiger partial charge in [-0.25, -0.2) is 9.97 Å². The molecule has 0 atom stereocenters. The van der Waals surface area contributed by atoms with Crippen LogP contribution >= 0.6 is 0 Å². The molecule has 0 aliphatic rings. The molecule has 0 amide bonds. The van der Waals surface area contributed by atoms with Crippen molar-refractivity contribution in [2.24, 2.45) is 0 Å². The predicted octanol–water partition coefficient (Wildman–Crippen LogP) is 10.5. The van der Waals surface area contributed by atoms with Crippen LogP contribution in [0.5, 0.6) is 0 Å². The summed E-state index contributed by atoms with van der Waals surface area (Å²) in [6.07, 6.45) is 0. The number of furan rings is 1. The van der Waals surface area contributed by atoms with E-state index in [4.69, 9.17) is 14.4 Å². The number of para-hydroxylation sites is 3. The Morgan fingerprint density at radius 2 is 0.977 bits per heavy atom. The number of benzene rings is 6. The van der Waals surface area contributed by atoms with Gasteiger partial charge in [0, 0.05) is 43.9 Å². The third kappa shape index (κ3) is 3.92. The molecule has 0 saturated carbocycles. The van der Waals surface area contributed by atoms with E-state index in [0.717, 1.165) is 55.7 Å². The van der Waals surface area contributed by atoms with E-state index in [1.165, 1.54) is 21.8 Å². The molecule has 0 fully saturated rings. The first-order valence-electron chi connectivity index (χ1n) is 14.8. The second-order valence-corrected chi connectivity index (χ2v) is 11.1. The molecule has 9 rings (SSSR count). The van der Waals surface area contributed by atoms with Crippen molar-refractivity contribution in [3.63, 3.8) is 0 Å². The molecule has 3 heterocycles. The van der Waals surface area contributed by atoms with Crippen molar-refractivity contribution in [3.8, 4) is 39.6 Å². The topological polar surface area (TPSA) is 43.9 Å². The van der Waals surface area contributed by atoms with Crippen molar-refractivity contribution in [3.05, 3.63) is 152 Å². The van der Waals surface area contributed by atoms with Gasteiger partial charge < -0.3 is 8.98 Å². The Kier molecular flexibility index (Phi) is 5.47. The average Bonchev–Trinajstić information content (AvgIpc) is 3.64. The second kappa shape index (κ2) is 9.79. The maximum absolute atomic E-state index is 6.09. The molecule has 9 aromatic rings. The molecule has 0 aliphatic carbocycles. The lowest BCUT2D eigenvalue weighted by Gasteiger charge is -2.11. The van der Waals surface area contributed by atoms with Crippen LogP contribution in [0.15, 0.2) is 156 Å². The number of fused-ring (bicyclic) bond motifs is 6. The smallest absolute Gasteiger partial charge is 0.160 e. The number of nitrogens with zero attached hydrogens (tertiary/aromatic N) is 3. The number of rotatable bonds is 4. The van der Waals surface area contributed by atoms with E-state index in [-0.39, 0.29) is 0 Å². The van der Waals surface area contributed by atoms with Gasteiger partial charge in [0.15, 0.2) is 5.82 Å². The molecule has 0 aliphatic heterocycles. The summed E-state index contributed by atoms with van der Waals surface area (Å²) >= 11 is 0. The van der Waals surface area contributed by atoms with E-state index in [0.29, 0.717) is 5.82 Å². The molecule has 206 valence electrons. The summed E-state index contributed by atoms with van der Waals surface area (Å²) in [7, 11) is 0.